The molecule has 5 nitrogen and oxygen atoms in total. The van der Waals surface area contributed by atoms with Crippen molar-refractivity contribution in [2.24, 2.45) is 0 Å². The van der Waals surface area contributed by atoms with Crippen LogP contribution in [0, 0.1) is 0 Å². The van der Waals surface area contributed by atoms with E-state index in [-0.39, 0.29) is 0 Å². The maximum Gasteiger partial charge on any atom is 0.160 e. The molecule has 82 valence electrons. The first kappa shape index (κ1) is 10.3. The first-order valence-electron chi connectivity index (χ1n) is 5.07. The molecule has 2 rings (SSSR count). The van der Waals surface area contributed by atoms with Gasteiger partial charge in [0.25, 0.3) is 0 Å². The van der Waals surface area contributed by atoms with Gasteiger partial charge in [0.1, 0.15) is 12.2 Å². The predicted molar refractivity (Wildman–Crippen MR) is 54.6 cm³/mol. The molecule has 1 fully saturated rings. The zero-order valence-corrected chi connectivity index (χ0v) is 8.73. The number of aliphatic hydroxyl groups is 1. The first-order valence-corrected chi connectivity index (χ1v) is 5.07. The fraction of sp³-hybridized carbons (Fsp3) is 0.600. The number of nitrogens with zero attached hydrogens (tertiary/aromatic N) is 2. The number of likely N-dealkylation sites (N-methyl/N-ethyl adjacent to an activating group) is 1. The molecular weight excluding hydrogens is 194 g/mol. The summed E-state index contributed by atoms with van der Waals surface area (Å²) in [6.45, 7) is 1.37. The molecule has 0 unspecified atom stereocenters. The standard InChI is InChI=1S/C10H15N3O2/c1-11-4-5-15-8-6-12-9(13-7-8)10(14)2-3-10/h6-7,11,14H,2-5H2,1H3. The summed E-state index contributed by atoms with van der Waals surface area (Å²) in [7, 11) is 1.87. The van der Waals surface area contributed by atoms with E-state index >= 15 is 0 Å². The molecule has 0 aromatic carbocycles. The van der Waals surface area contributed by atoms with Crippen molar-refractivity contribution in [1.82, 2.24) is 15.3 Å². The quantitative estimate of drug-likeness (QED) is 0.671. The van der Waals surface area contributed by atoms with Crippen LogP contribution in [0.25, 0.3) is 0 Å². The summed E-state index contributed by atoms with van der Waals surface area (Å²) < 4.78 is 5.37. The fourth-order valence-electron chi connectivity index (χ4n) is 1.24. The van der Waals surface area contributed by atoms with Crippen LogP contribution in [-0.4, -0.2) is 35.3 Å². The number of rotatable bonds is 5. The minimum Gasteiger partial charge on any atom is -0.489 e. The predicted octanol–water partition coefficient (Wildman–Crippen LogP) is 0.0562. The van der Waals surface area contributed by atoms with Crippen molar-refractivity contribution in [3.63, 3.8) is 0 Å². The van der Waals surface area contributed by atoms with E-state index in [4.69, 9.17) is 4.74 Å². The minimum absolute atomic E-state index is 0.503. The van der Waals surface area contributed by atoms with Gasteiger partial charge in [-0.25, -0.2) is 9.97 Å². The third-order valence-electron chi connectivity index (χ3n) is 2.39. The van der Waals surface area contributed by atoms with Crippen LogP contribution in [0.15, 0.2) is 12.4 Å². The van der Waals surface area contributed by atoms with Gasteiger partial charge in [0.05, 0.1) is 12.4 Å². The summed E-state index contributed by atoms with van der Waals surface area (Å²) in [5.41, 5.74) is -0.760. The highest BCUT2D eigenvalue weighted by Crippen LogP contribution is 2.43. The number of ether oxygens (including phenoxy) is 1. The van der Waals surface area contributed by atoms with E-state index in [9.17, 15) is 5.11 Å². The average Bonchev–Trinajstić information content (AvgIpc) is 2.99. The Bertz CT molecular complexity index is 322. The molecule has 2 N–H and O–H groups in total. The van der Waals surface area contributed by atoms with Crippen molar-refractivity contribution in [3.05, 3.63) is 18.2 Å². The number of nitrogens with one attached hydrogen (secondary N) is 1. The molecule has 0 amide bonds. The Kier molecular flexibility index (Phi) is 2.83. The Balaban J connectivity index is 1.92. The largest absolute Gasteiger partial charge is 0.489 e. The van der Waals surface area contributed by atoms with Crippen molar-refractivity contribution in [3.8, 4) is 5.75 Å². The van der Waals surface area contributed by atoms with E-state index in [2.05, 4.69) is 15.3 Å². The van der Waals surface area contributed by atoms with Crippen molar-refractivity contribution in [1.29, 1.82) is 0 Å². The second-order valence-corrected chi connectivity index (χ2v) is 3.73. The van der Waals surface area contributed by atoms with Crippen LogP contribution < -0.4 is 10.1 Å². The van der Waals surface area contributed by atoms with Gasteiger partial charge in [-0.15, -0.1) is 0 Å². The van der Waals surface area contributed by atoms with Crippen LogP contribution in [0.1, 0.15) is 18.7 Å². The molecule has 0 atom stereocenters. The lowest BCUT2D eigenvalue weighted by Gasteiger charge is -2.07. The second kappa shape index (κ2) is 4.12. The Morgan fingerprint density at radius 1 is 1.47 bits per heavy atom. The molecule has 0 spiro atoms. The van der Waals surface area contributed by atoms with Crippen molar-refractivity contribution in [2.45, 2.75) is 18.4 Å². The lowest BCUT2D eigenvalue weighted by atomic mass is 10.3. The number of hydrogen-bond acceptors (Lipinski definition) is 5. The maximum atomic E-state index is 9.73. The fourth-order valence-corrected chi connectivity index (χ4v) is 1.24. The topological polar surface area (TPSA) is 67.3 Å². The van der Waals surface area contributed by atoms with E-state index in [0.29, 0.717) is 18.2 Å². The summed E-state index contributed by atoms with van der Waals surface area (Å²) in [6.07, 6.45) is 4.72. The third kappa shape index (κ3) is 2.43. The van der Waals surface area contributed by atoms with Crippen LogP contribution in [-0.2, 0) is 5.60 Å². The second-order valence-electron chi connectivity index (χ2n) is 3.73. The van der Waals surface area contributed by atoms with Crippen molar-refractivity contribution in [2.75, 3.05) is 20.2 Å². The summed E-state index contributed by atoms with van der Waals surface area (Å²) >= 11 is 0. The van der Waals surface area contributed by atoms with Gasteiger partial charge in [-0.3, -0.25) is 0 Å². The van der Waals surface area contributed by atoms with Crippen LogP contribution in [0.3, 0.4) is 0 Å². The Morgan fingerprint density at radius 3 is 2.67 bits per heavy atom. The average molecular weight is 209 g/mol. The lowest BCUT2D eigenvalue weighted by molar-refractivity contribution is 0.140. The van der Waals surface area contributed by atoms with E-state index in [1.54, 1.807) is 12.4 Å². The molecule has 1 heterocycles. The molecule has 0 aliphatic heterocycles. The third-order valence-corrected chi connectivity index (χ3v) is 2.39. The SMILES string of the molecule is CNCCOc1cnc(C2(O)CC2)nc1. The van der Waals surface area contributed by atoms with Gasteiger partial charge in [-0.1, -0.05) is 0 Å². The monoisotopic (exact) mass is 209 g/mol. The summed E-state index contributed by atoms with van der Waals surface area (Å²) in [5, 5.41) is 12.7. The Labute approximate surface area is 88.5 Å². The van der Waals surface area contributed by atoms with E-state index in [1.165, 1.54) is 0 Å². The zero-order valence-electron chi connectivity index (χ0n) is 8.73. The lowest BCUT2D eigenvalue weighted by Crippen LogP contribution is -2.16. The normalized spacial score (nSPS) is 17.5. The summed E-state index contributed by atoms with van der Waals surface area (Å²) in [5.74, 6) is 1.14. The van der Waals surface area contributed by atoms with Gasteiger partial charge in [-0.2, -0.15) is 0 Å². The van der Waals surface area contributed by atoms with Crippen molar-refractivity contribution >= 4 is 0 Å². The van der Waals surface area contributed by atoms with Gasteiger partial charge in [0.15, 0.2) is 11.6 Å². The highest BCUT2D eigenvalue weighted by atomic mass is 16.5. The molecule has 1 aliphatic carbocycles. The van der Waals surface area contributed by atoms with E-state index in [1.807, 2.05) is 7.05 Å². The van der Waals surface area contributed by atoms with Crippen LogP contribution >= 0.6 is 0 Å². The van der Waals surface area contributed by atoms with Gasteiger partial charge in [-0.05, 0) is 19.9 Å². The maximum absolute atomic E-state index is 9.73. The van der Waals surface area contributed by atoms with Gasteiger partial charge >= 0.3 is 0 Å². The molecule has 0 radical (unpaired) electrons. The molecule has 1 aliphatic rings. The van der Waals surface area contributed by atoms with Crippen LogP contribution in [0.2, 0.25) is 0 Å². The minimum atomic E-state index is -0.760. The molecule has 15 heavy (non-hydrogen) atoms. The molecule has 5 heteroatoms. The summed E-state index contributed by atoms with van der Waals surface area (Å²) in [6, 6.07) is 0. The molecule has 1 aromatic heterocycles. The zero-order chi connectivity index (χ0) is 10.7. The smallest absolute Gasteiger partial charge is 0.160 e. The van der Waals surface area contributed by atoms with Gasteiger partial charge < -0.3 is 15.2 Å². The molecule has 1 aromatic rings. The highest BCUT2D eigenvalue weighted by Gasteiger charge is 2.45. The first-order chi connectivity index (χ1) is 7.24. The van der Waals surface area contributed by atoms with E-state index < -0.39 is 5.60 Å². The summed E-state index contributed by atoms with van der Waals surface area (Å²) in [4.78, 5) is 8.17. The Morgan fingerprint density at radius 2 is 2.13 bits per heavy atom. The molecular formula is C10H15N3O2. The van der Waals surface area contributed by atoms with Crippen LogP contribution in [0.5, 0.6) is 5.75 Å². The van der Waals surface area contributed by atoms with Crippen molar-refractivity contribution < 1.29 is 9.84 Å². The van der Waals surface area contributed by atoms with E-state index in [0.717, 1.165) is 19.4 Å². The molecule has 0 saturated heterocycles. The number of aromatic nitrogens is 2. The molecule has 0 bridgehead atoms. The number of hydrogen-bond donors (Lipinski definition) is 2. The van der Waals surface area contributed by atoms with Gasteiger partial charge in [0.2, 0.25) is 0 Å². The Hall–Kier alpha value is -1.20. The van der Waals surface area contributed by atoms with Crippen LogP contribution in [0.4, 0.5) is 0 Å². The highest BCUT2D eigenvalue weighted by molar-refractivity contribution is 5.17. The molecule has 1 saturated carbocycles. The van der Waals surface area contributed by atoms with Gasteiger partial charge in [0, 0.05) is 6.54 Å².